The van der Waals surface area contributed by atoms with Crippen LogP contribution in [-0.2, 0) is 13.1 Å². The van der Waals surface area contributed by atoms with Gasteiger partial charge in [-0.05, 0) is 32.2 Å². The summed E-state index contributed by atoms with van der Waals surface area (Å²) in [6.07, 6.45) is 7.76. The Kier molecular flexibility index (Phi) is 5.07. The number of aromatic nitrogens is 3. The highest BCUT2D eigenvalue weighted by atomic mass is 16.5. The minimum absolute atomic E-state index is 0.167. The van der Waals surface area contributed by atoms with Crippen molar-refractivity contribution < 1.29 is 9.32 Å². The van der Waals surface area contributed by atoms with Crippen molar-refractivity contribution in [1.29, 1.82) is 0 Å². The van der Waals surface area contributed by atoms with E-state index in [1.807, 2.05) is 10.9 Å². The molecular formula is C16H23N5O2. The maximum Gasteiger partial charge on any atom is 0.273 e. The summed E-state index contributed by atoms with van der Waals surface area (Å²) in [4.78, 5) is 14.3. The zero-order valence-corrected chi connectivity index (χ0v) is 13.4. The lowest BCUT2D eigenvalue weighted by molar-refractivity contribution is 0.0921. The van der Waals surface area contributed by atoms with Crippen LogP contribution >= 0.6 is 0 Å². The molecule has 1 atom stereocenters. The van der Waals surface area contributed by atoms with Crippen molar-refractivity contribution in [3.05, 3.63) is 36.0 Å². The van der Waals surface area contributed by atoms with E-state index in [2.05, 4.69) is 33.6 Å². The molecule has 1 fully saturated rings. The molecule has 2 aromatic rings. The monoisotopic (exact) mass is 317 g/mol. The van der Waals surface area contributed by atoms with Gasteiger partial charge in [0.1, 0.15) is 6.26 Å². The topological polar surface area (TPSA) is 76.2 Å². The van der Waals surface area contributed by atoms with Gasteiger partial charge in [-0.2, -0.15) is 5.10 Å². The molecule has 1 aliphatic heterocycles. The molecule has 0 aliphatic carbocycles. The van der Waals surface area contributed by atoms with Crippen molar-refractivity contribution in [1.82, 2.24) is 25.2 Å². The standard InChI is InChI=1S/C16H23N5O2/c1-2-21-12-14(9-18-21)11-20-6-3-4-13(10-20)8-17-16(22)15-5-7-23-19-15/h5,7,9,12-13H,2-4,6,8,10-11H2,1H3,(H,17,22). The summed E-state index contributed by atoms with van der Waals surface area (Å²) in [5, 5.41) is 10.9. The number of hydrogen-bond acceptors (Lipinski definition) is 5. The zero-order valence-electron chi connectivity index (χ0n) is 13.4. The molecule has 0 spiro atoms. The molecule has 0 radical (unpaired) electrons. The molecule has 0 saturated carbocycles. The summed E-state index contributed by atoms with van der Waals surface area (Å²) in [6, 6.07) is 1.58. The molecule has 1 N–H and O–H groups in total. The predicted molar refractivity (Wildman–Crippen MR) is 84.7 cm³/mol. The fraction of sp³-hybridized carbons (Fsp3) is 0.562. The van der Waals surface area contributed by atoms with Crippen molar-refractivity contribution in [2.24, 2.45) is 5.92 Å². The number of aryl methyl sites for hydroxylation is 1. The van der Waals surface area contributed by atoms with E-state index in [1.54, 1.807) is 6.07 Å². The van der Waals surface area contributed by atoms with E-state index in [0.29, 0.717) is 18.2 Å². The maximum atomic E-state index is 11.9. The first-order valence-corrected chi connectivity index (χ1v) is 8.17. The average Bonchev–Trinajstić information content (AvgIpc) is 3.24. The first-order valence-electron chi connectivity index (χ1n) is 8.17. The summed E-state index contributed by atoms with van der Waals surface area (Å²) in [7, 11) is 0. The van der Waals surface area contributed by atoms with Crippen LogP contribution in [0.5, 0.6) is 0 Å². The molecule has 7 nitrogen and oxygen atoms in total. The van der Waals surface area contributed by atoms with E-state index >= 15 is 0 Å². The Balaban J connectivity index is 1.47. The van der Waals surface area contributed by atoms with Gasteiger partial charge in [-0.1, -0.05) is 5.16 Å². The molecular weight excluding hydrogens is 294 g/mol. The van der Waals surface area contributed by atoms with E-state index in [-0.39, 0.29) is 5.91 Å². The molecule has 1 aliphatic rings. The lowest BCUT2D eigenvalue weighted by Crippen LogP contribution is -2.40. The third-order valence-corrected chi connectivity index (χ3v) is 4.24. The fourth-order valence-electron chi connectivity index (χ4n) is 3.04. The second-order valence-corrected chi connectivity index (χ2v) is 6.04. The summed E-state index contributed by atoms with van der Waals surface area (Å²) >= 11 is 0. The number of hydrogen-bond donors (Lipinski definition) is 1. The molecule has 0 bridgehead atoms. The Labute approximate surface area is 135 Å². The molecule has 2 aromatic heterocycles. The Morgan fingerprint density at radius 2 is 2.43 bits per heavy atom. The van der Waals surface area contributed by atoms with Gasteiger partial charge in [-0.15, -0.1) is 0 Å². The van der Waals surface area contributed by atoms with Crippen LogP contribution in [0.2, 0.25) is 0 Å². The molecule has 124 valence electrons. The van der Waals surface area contributed by atoms with Gasteiger partial charge in [-0.25, -0.2) is 0 Å². The van der Waals surface area contributed by atoms with E-state index in [4.69, 9.17) is 4.52 Å². The van der Waals surface area contributed by atoms with Gasteiger partial charge in [0.15, 0.2) is 5.69 Å². The Hall–Kier alpha value is -2.15. The van der Waals surface area contributed by atoms with Crippen LogP contribution in [0, 0.1) is 5.92 Å². The number of carbonyl (C=O) groups excluding carboxylic acids is 1. The van der Waals surface area contributed by atoms with Crippen molar-refractivity contribution in [3.8, 4) is 0 Å². The van der Waals surface area contributed by atoms with Crippen LogP contribution in [0.1, 0.15) is 35.8 Å². The largest absolute Gasteiger partial charge is 0.364 e. The zero-order chi connectivity index (χ0) is 16.1. The van der Waals surface area contributed by atoms with Gasteiger partial charge in [0, 0.05) is 44.0 Å². The van der Waals surface area contributed by atoms with E-state index in [0.717, 1.165) is 39.0 Å². The normalized spacial score (nSPS) is 18.9. The van der Waals surface area contributed by atoms with E-state index in [9.17, 15) is 4.79 Å². The van der Waals surface area contributed by atoms with Gasteiger partial charge < -0.3 is 9.84 Å². The Morgan fingerprint density at radius 1 is 1.52 bits per heavy atom. The summed E-state index contributed by atoms with van der Waals surface area (Å²) < 4.78 is 6.65. The number of piperidine rings is 1. The van der Waals surface area contributed by atoms with Gasteiger partial charge >= 0.3 is 0 Å². The summed E-state index contributed by atoms with van der Waals surface area (Å²) in [5.74, 6) is 0.306. The fourth-order valence-corrected chi connectivity index (χ4v) is 3.04. The number of likely N-dealkylation sites (tertiary alicyclic amines) is 1. The number of amides is 1. The highest BCUT2D eigenvalue weighted by Gasteiger charge is 2.21. The molecule has 23 heavy (non-hydrogen) atoms. The van der Waals surface area contributed by atoms with Crippen LogP contribution in [0.3, 0.4) is 0 Å². The molecule has 1 amide bonds. The van der Waals surface area contributed by atoms with Crippen LogP contribution in [0.15, 0.2) is 29.2 Å². The minimum atomic E-state index is -0.167. The van der Waals surface area contributed by atoms with Crippen LogP contribution in [-0.4, -0.2) is 45.4 Å². The molecule has 7 heteroatoms. The third-order valence-electron chi connectivity index (χ3n) is 4.24. The Morgan fingerprint density at radius 3 is 3.17 bits per heavy atom. The van der Waals surface area contributed by atoms with Gasteiger partial charge in [0.25, 0.3) is 5.91 Å². The van der Waals surface area contributed by atoms with E-state index in [1.165, 1.54) is 11.8 Å². The smallest absolute Gasteiger partial charge is 0.273 e. The maximum absolute atomic E-state index is 11.9. The van der Waals surface area contributed by atoms with Crippen molar-refractivity contribution in [2.75, 3.05) is 19.6 Å². The quantitative estimate of drug-likeness (QED) is 0.874. The number of carbonyl (C=O) groups is 1. The first kappa shape index (κ1) is 15.7. The van der Waals surface area contributed by atoms with Gasteiger partial charge in [-0.3, -0.25) is 14.4 Å². The third kappa shape index (κ3) is 4.19. The minimum Gasteiger partial charge on any atom is -0.364 e. The SMILES string of the molecule is CCn1cc(CN2CCCC(CNC(=O)c3ccon3)C2)cn1. The highest BCUT2D eigenvalue weighted by molar-refractivity contribution is 5.91. The predicted octanol–water partition coefficient (Wildman–Crippen LogP) is 1.53. The Bertz CT molecular complexity index is 622. The number of nitrogens with zero attached hydrogens (tertiary/aromatic N) is 4. The first-order chi connectivity index (χ1) is 11.2. The molecule has 1 unspecified atom stereocenters. The number of rotatable bonds is 6. The lowest BCUT2D eigenvalue weighted by atomic mass is 9.97. The van der Waals surface area contributed by atoms with Gasteiger partial charge in [0.2, 0.25) is 0 Å². The molecule has 3 heterocycles. The molecule has 3 rings (SSSR count). The summed E-state index contributed by atoms with van der Waals surface area (Å²) in [5.41, 5.74) is 1.59. The molecule has 0 aromatic carbocycles. The second-order valence-electron chi connectivity index (χ2n) is 6.04. The lowest BCUT2D eigenvalue weighted by Gasteiger charge is -2.32. The molecule has 1 saturated heterocycles. The number of nitrogens with one attached hydrogen (secondary N) is 1. The second kappa shape index (κ2) is 7.41. The van der Waals surface area contributed by atoms with Crippen LogP contribution in [0.4, 0.5) is 0 Å². The average molecular weight is 317 g/mol. The van der Waals surface area contributed by atoms with Crippen LogP contribution < -0.4 is 5.32 Å². The van der Waals surface area contributed by atoms with Gasteiger partial charge in [0.05, 0.1) is 6.20 Å². The van der Waals surface area contributed by atoms with Crippen molar-refractivity contribution >= 4 is 5.91 Å². The summed E-state index contributed by atoms with van der Waals surface area (Å²) in [6.45, 7) is 6.69. The van der Waals surface area contributed by atoms with Crippen molar-refractivity contribution in [2.45, 2.75) is 32.9 Å². The van der Waals surface area contributed by atoms with Crippen molar-refractivity contribution in [3.63, 3.8) is 0 Å². The van der Waals surface area contributed by atoms with Crippen LogP contribution in [0.25, 0.3) is 0 Å². The highest BCUT2D eigenvalue weighted by Crippen LogP contribution is 2.18. The van der Waals surface area contributed by atoms with E-state index < -0.39 is 0 Å².